The van der Waals surface area contributed by atoms with E-state index in [1.807, 2.05) is 34.8 Å². The number of benzene rings is 2. The molecule has 2 N–H and O–H groups in total. The lowest BCUT2D eigenvalue weighted by Crippen LogP contribution is -2.33. The Labute approximate surface area is 206 Å². The summed E-state index contributed by atoms with van der Waals surface area (Å²) in [7, 11) is 1.79. The first kappa shape index (κ1) is 23.3. The number of nitrogens with two attached hydrogens (primary N) is 1. The first-order valence-corrected chi connectivity index (χ1v) is 12.3. The molecule has 2 aromatic carbocycles. The molecule has 0 saturated carbocycles. The van der Waals surface area contributed by atoms with Gasteiger partial charge in [-0.3, -0.25) is 4.90 Å². The maximum absolute atomic E-state index is 6.33. The second-order valence-corrected chi connectivity index (χ2v) is 9.15. The summed E-state index contributed by atoms with van der Waals surface area (Å²) in [5.74, 6) is 1.30. The fourth-order valence-electron chi connectivity index (χ4n) is 5.06. The van der Waals surface area contributed by atoms with Gasteiger partial charge in [-0.05, 0) is 68.1 Å². The Balaban J connectivity index is 1.35. The van der Waals surface area contributed by atoms with Crippen molar-refractivity contribution in [2.45, 2.75) is 38.3 Å². The lowest BCUT2D eigenvalue weighted by atomic mass is 10.1. The smallest absolute Gasteiger partial charge is 0.151 e. The molecular weight excluding hydrogens is 438 g/mol. The Morgan fingerprint density at radius 3 is 2.83 bits per heavy atom. The molecule has 0 aliphatic carbocycles. The minimum atomic E-state index is 0.483. The van der Waals surface area contributed by atoms with Gasteiger partial charge in [0.05, 0.1) is 6.61 Å². The van der Waals surface area contributed by atoms with Crippen LogP contribution in [-0.2, 0) is 17.8 Å². The molecule has 182 valence electrons. The van der Waals surface area contributed by atoms with Crippen LogP contribution in [0.2, 0.25) is 0 Å². The van der Waals surface area contributed by atoms with Crippen molar-refractivity contribution in [2.75, 3.05) is 32.5 Å². The van der Waals surface area contributed by atoms with E-state index < -0.39 is 0 Å². The van der Waals surface area contributed by atoms with Crippen molar-refractivity contribution in [1.82, 2.24) is 19.5 Å². The topological polar surface area (TPSA) is 77.9 Å². The highest BCUT2D eigenvalue weighted by Crippen LogP contribution is 2.33. The molecule has 4 aromatic rings. The van der Waals surface area contributed by atoms with Gasteiger partial charge < -0.3 is 15.2 Å². The molecule has 1 aliphatic rings. The zero-order chi connectivity index (χ0) is 24.0. The van der Waals surface area contributed by atoms with Gasteiger partial charge in [-0.15, -0.1) is 0 Å². The normalized spacial score (nSPS) is 16.2. The minimum absolute atomic E-state index is 0.483. The van der Waals surface area contributed by atoms with E-state index in [1.165, 1.54) is 19.2 Å². The zero-order valence-corrected chi connectivity index (χ0v) is 20.3. The number of methoxy groups -OCH3 is 1. The molecule has 1 atom stereocenters. The van der Waals surface area contributed by atoms with Crippen LogP contribution < -0.4 is 10.5 Å². The van der Waals surface area contributed by atoms with Crippen LogP contribution in [0.15, 0.2) is 67.0 Å². The van der Waals surface area contributed by atoms with Gasteiger partial charge in [0.1, 0.15) is 24.2 Å². The monoisotopic (exact) mass is 471 g/mol. The highest BCUT2D eigenvalue weighted by Gasteiger charge is 2.24. The van der Waals surface area contributed by atoms with Gasteiger partial charge >= 0.3 is 0 Å². The third-order valence-corrected chi connectivity index (χ3v) is 6.79. The lowest BCUT2D eigenvalue weighted by Gasteiger charge is -2.23. The maximum atomic E-state index is 6.33. The summed E-state index contributed by atoms with van der Waals surface area (Å²) in [5, 5.41) is 4.54. The Bertz CT molecular complexity index is 1260. The number of fused-ring (bicyclic) bond motifs is 1. The Morgan fingerprint density at radius 2 is 1.97 bits per heavy atom. The van der Waals surface area contributed by atoms with Crippen molar-refractivity contribution in [2.24, 2.45) is 0 Å². The van der Waals surface area contributed by atoms with Crippen LogP contribution in [0.25, 0.3) is 16.6 Å². The van der Waals surface area contributed by atoms with Crippen molar-refractivity contribution in [3.63, 3.8) is 0 Å². The van der Waals surface area contributed by atoms with Gasteiger partial charge in [0.25, 0.3) is 0 Å². The van der Waals surface area contributed by atoms with Crippen LogP contribution in [0.4, 0.5) is 5.82 Å². The fourth-order valence-corrected chi connectivity index (χ4v) is 5.06. The molecule has 2 aromatic heterocycles. The number of anilines is 1. The zero-order valence-electron chi connectivity index (χ0n) is 20.3. The van der Waals surface area contributed by atoms with Gasteiger partial charge in [0.15, 0.2) is 5.82 Å². The molecule has 0 bridgehead atoms. The first-order chi connectivity index (χ1) is 17.2. The van der Waals surface area contributed by atoms with E-state index in [0.717, 1.165) is 66.2 Å². The first-order valence-electron chi connectivity index (χ1n) is 12.3. The predicted octanol–water partition coefficient (Wildman–Crippen LogP) is 4.60. The maximum Gasteiger partial charge on any atom is 0.151 e. The molecule has 0 unspecified atom stereocenters. The molecule has 7 nitrogen and oxygen atoms in total. The van der Waals surface area contributed by atoms with Crippen LogP contribution in [0, 0.1) is 0 Å². The van der Waals surface area contributed by atoms with Gasteiger partial charge in [0.2, 0.25) is 0 Å². The summed E-state index contributed by atoms with van der Waals surface area (Å²) in [6.07, 6.45) is 5.97. The second-order valence-electron chi connectivity index (χ2n) is 9.15. The summed E-state index contributed by atoms with van der Waals surface area (Å²) in [4.78, 5) is 6.82. The number of likely N-dealkylation sites (tertiary alicyclic amines) is 1. The molecule has 1 aliphatic heterocycles. The number of hydrogen-bond donors (Lipinski definition) is 1. The van der Waals surface area contributed by atoms with Crippen LogP contribution in [0.5, 0.6) is 5.75 Å². The quantitative estimate of drug-likeness (QED) is 0.364. The van der Waals surface area contributed by atoms with Gasteiger partial charge in [-0.1, -0.05) is 42.5 Å². The molecule has 3 heterocycles. The van der Waals surface area contributed by atoms with Crippen molar-refractivity contribution in [3.05, 3.63) is 78.2 Å². The molecule has 7 heteroatoms. The fraction of sp³-hybridized carbons (Fsp3) is 0.357. The van der Waals surface area contributed by atoms with Gasteiger partial charge in [-0.25, -0.2) is 9.50 Å². The highest BCUT2D eigenvalue weighted by atomic mass is 16.5. The SMILES string of the molecule is COC[C@H]1CCCN1CCCc1cc(-c2cccc(OCc3ccccc3)c2)c2c(N)ncnn12. The van der Waals surface area contributed by atoms with Crippen LogP contribution in [0.1, 0.15) is 30.5 Å². The van der Waals surface area contributed by atoms with Crippen LogP contribution in [-0.4, -0.2) is 52.3 Å². The van der Waals surface area contributed by atoms with E-state index in [1.54, 1.807) is 7.11 Å². The van der Waals surface area contributed by atoms with E-state index in [0.29, 0.717) is 18.5 Å². The van der Waals surface area contributed by atoms with Crippen LogP contribution in [0.3, 0.4) is 0 Å². The summed E-state index contributed by atoms with van der Waals surface area (Å²) < 4.78 is 13.4. The third kappa shape index (κ3) is 5.31. The molecule has 5 rings (SSSR count). The standard InChI is InChI=1S/C28H33N5O2/c1-34-19-24-12-7-15-32(24)14-6-11-23-17-26(27-28(29)30-20-31-33(23)27)22-10-5-13-25(16-22)35-18-21-8-3-2-4-9-21/h2-5,8-10,13,16-17,20,24H,6-7,11-12,14-15,18-19H2,1H3,(H2,29,30,31)/t24-/m1/s1. The average Bonchev–Trinajstić information content (AvgIpc) is 3.49. The van der Waals surface area contributed by atoms with E-state index in [2.05, 4.69) is 45.3 Å². The molecule has 0 radical (unpaired) electrons. The van der Waals surface area contributed by atoms with Gasteiger partial charge in [0, 0.05) is 24.4 Å². The average molecular weight is 472 g/mol. The molecule has 0 spiro atoms. The third-order valence-electron chi connectivity index (χ3n) is 6.79. The van der Waals surface area contributed by atoms with Crippen molar-refractivity contribution in [3.8, 4) is 16.9 Å². The number of nitrogens with zero attached hydrogens (tertiary/aromatic N) is 4. The minimum Gasteiger partial charge on any atom is -0.489 e. The number of hydrogen-bond acceptors (Lipinski definition) is 6. The molecule has 35 heavy (non-hydrogen) atoms. The Kier molecular flexibility index (Phi) is 7.25. The highest BCUT2D eigenvalue weighted by molar-refractivity contribution is 5.88. The summed E-state index contributed by atoms with van der Waals surface area (Å²) in [6, 6.07) is 21.1. The second kappa shape index (κ2) is 10.9. The van der Waals surface area contributed by atoms with Crippen molar-refractivity contribution < 1.29 is 9.47 Å². The number of rotatable bonds is 10. The number of aromatic nitrogens is 3. The van der Waals surface area contributed by atoms with E-state index >= 15 is 0 Å². The summed E-state index contributed by atoms with van der Waals surface area (Å²) >= 11 is 0. The van der Waals surface area contributed by atoms with Crippen molar-refractivity contribution in [1.29, 1.82) is 0 Å². The summed E-state index contributed by atoms with van der Waals surface area (Å²) in [6.45, 7) is 3.54. The molecule has 0 amide bonds. The number of aryl methyl sites for hydroxylation is 1. The summed E-state index contributed by atoms with van der Waals surface area (Å²) in [5.41, 5.74) is 11.5. The van der Waals surface area contributed by atoms with Gasteiger partial charge in [-0.2, -0.15) is 5.10 Å². The predicted molar refractivity (Wildman–Crippen MR) is 138 cm³/mol. The Morgan fingerprint density at radius 1 is 1.09 bits per heavy atom. The number of ether oxygens (including phenoxy) is 2. The van der Waals surface area contributed by atoms with E-state index in [9.17, 15) is 0 Å². The molecule has 1 saturated heterocycles. The largest absolute Gasteiger partial charge is 0.489 e. The van der Waals surface area contributed by atoms with Crippen LogP contribution >= 0.6 is 0 Å². The lowest BCUT2D eigenvalue weighted by molar-refractivity contribution is 0.115. The van der Waals surface area contributed by atoms with E-state index in [-0.39, 0.29) is 0 Å². The number of nitrogen functional groups attached to an aromatic ring is 1. The molecular formula is C28H33N5O2. The van der Waals surface area contributed by atoms with E-state index in [4.69, 9.17) is 15.2 Å². The van der Waals surface area contributed by atoms with Crippen molar-refractivity contribution >= 4 is 11.3 Å². The molecule has 1 fully saturated rings. The Hall–Kier alpha value is -3.42.